The first-order valence-corrected chi connectivity index (χ1v) is 8.45. The van der Waals surface area contributed by atoms with Gasteiger partial charge in [-0.25, -0.2) is 14.4 Å². The average Bonchev–Trinajstić information content (AvgIpc) is 2.53. The van der Waals surface area contributed by atoms with E-state index in [4.69, 9.17) is 4.98 Å². The van der Waals surface area contributed by atoms with E-state index in [0.717, 1.165) is 36.3 Å². The Balaban J connectivity index is 1.60. The van der Waals surface area contributed by atoms with Crippen LogP contribution in [0.3, 0.4) is 0 Å². The summed E-state index contributed by atoms with van der Waals surface area (Å²) in [6.07, 6.45) is 5.46. The topological polar surface area (TPSA) is 37.8 Å². The van der Waals surface area contributed by atoms with Crippen LogP contribution in [0.25, 0.3) is 0 Å². The molecule has 0 saturated heterocycles. The first kappa shape index (κ1) is 16.1. The molecule has 1 aliphatic carbocycles. The van der Waals surface area contributed by atoms with Crippen molar-refractivity contribution in [3.05, 3.63) is 58.4 Å². The molecule has 0 aliphatic heterocycles. The van der Waals surface area contributed by atoms with E-state index in [1.807, 2.05) is 6.07 Å². The zero-order valence-corrected chi connectivity index (χ0v) is 13.9. The fraction of sp³-hybridized carbons (Fsp3) is 0.474. The van der Waals surface area contributed by atoms with Crippen LogP contribution < -0.4 is 5.32 Å². The van der Waals surface area contributed by atoms with Crippen LogP contribution in [0.5, 0.6) is 0 Å². The largest absolute Gasteiger partial charge is 0.307 e. The van der Waals surface area contributed by atoms with E-state index in [1.165, 1.54) is 30.2 Å². The summed E-state index contributed by atoms with van der Waals surface area (Å²) in [6, 6.07) is 7.04. The van der Waals surface area contributed by atoms with Crippen molar-refractivity contribution in [2.24, 2.45) is 0 Å². The van der Waals surface area contributed by atoms with Crippen LogP contribution >= 0.6 is 0 Å². The quantitative estimate of drug-likeness (QED) is 0.918. The van der Waals surface area contributed by atoms with E-state index in [9.17, 15) is 4.39 Å². The van der Waals surface area contributed by atoms with Gasteiger partial charge in [-0.05, 0) is 69.2 Å². The van der Waals surface area contributed by atoms with Gasteiger partial charge in [0, 0.05) is 17.4 Å². The van der Waals surface area contributed by atoms with E-state index >= 15 is 0 Å². The SMILES string of the molecule is Cc1nc(CN[C@@H](C)Cc2cccc(F)c2)nc2c1CCCC2. The standard InChI is InChI=1S/C19H24FN3/c1-13(10-15-6-5-7-16(20)11-15)21-12-19-22-14(2)17-8-3-4-9-18(17)23-19/h5-7,11,13,21H,3-4,8-10,12H2,1-2H3/t13-/m0/s1. The van der Waals surface area contributed by atoms with Crippen molar-refractivity contribution in [3.8, 4) is 0 Å². The molecule has 1 heterocycles. The Labute approximate surface area is 137 Å². The molecule has 0 fully saturated rings. The highest BCUT2D eigenvalue weighted by Gasteiger charge is 2.15. The zero-order valence-electron chi connectivity index (χ0n) is 13.9. The first-order chi connectivity index (χ1) is 11.1. The molecule has 1 aromatic carbocycles. The number of rotatable bonds is 5. The lowest BCUT2D eigenvalue weighted by Crippen LogP contribution is -2.29. The number of aryl methyl sites for hydroxylation is 2. The van der Waals surface area contributed by atoms with E-state index < -0.39 is 0 Å². The Morgan fingerprint density at radius 3 is 2.87 bits per heavy atom. The van der Waals surface area contributed by atoms with E-state index in [-0.39, 0.29) is 11.9 Å². The van der Waals surface area contributed by atoms with Crippen molar-refractivity contribution in [2.45, 2.75) is 58.5 Å². The highest BCUT2D eigenvalue weighted by Crippen LogP contribution is 2.21. The number of halogens is 1. The highest BCUT2D eigenvalue weighted by molar-refractivity contribution is 5.27. The van der Waals surface area contributed by atoms with Crippen molar-refractivity contribution >= 4 is 0 Å². The van der Waals surface area contributed by atoms with Crippen molar-refractivity contribution in [3.63, 3.8) is 0 Å². The molecule has 1 aromatic heterocycles. The molecule has 4 heteroatoms. The minimum absolute atomic E-state index is 0.177. The van der Waals surface area contributed by atoms with Gasteiger partial charge < -0.3 is 5.32 Å². The third kappa shape index (κ3) is 4.14. The van der Waals surface area contributed by atoms with E-state index in [2.05, 4.69) is 24.1 Å². The van der Waals surface area contributed by atoms with Crippen molar-refractivity contribution in [2.75, 3.05) is 0 Å². The smallest absolute Gasteiger partial charge is 0.142 e. The summed E-state index contributed by atoms with van der Waals surface area (Å²) in [7, 11) is 0. The molecule has 122 valence electrons. The van der Waals surface area contributed by atoms with Gasteiger partial charge in [-0.2, -0.15) is 0 Å². The number of hydrogen-bond donors (Lipinski definition) is 1. The second kappa shape index (κ2) is 7.18. The van der Waals surface area contributed by atoms with Crippen molar-refractivity contribution < 1.29 is 4.39 Å². The summed E-state index contributed by atoms with van der Waals surface area (Å²) in [5.41, 5.74) is 4.72. The third-order valence-corrected chi connectivity index (χ3v) is 4.48. The Bertz CT molecular complexity index is 684. The molecule has 1 N–H and O–H groups in total. The first-order valence-electron chi connectivity index (χ1n) is 8.45. The van der Waals surface area contributed by atoms with Crippen molar-refractivity contribution in [1.82, 2.24) is 15.3 Å². The molecule has 3 rings (SSSR count). The lowest BCUT2D eigenvalue weighted by molar-refractivity contribution is 0.526. The predicted octanol–water partition coefficient (Wildman–Crippen LogP) is 3.52. The summed E-state index contributed by atoms with van der Waals surface area (Å²) >= 11 is 0. The molecule has 1 aliphatic rings. The molecule has 0 saturated carbocycles. The second-order valence-corrected chi connectivity index (χ2v) is 6.47. The van der Waals surface area contributed by atoms with Gasteiger partial charge >= 0.3 is 0 Å². The van der Waals surface area contributed by atoms with Crippen LogP contribution in [0.1, 0.15) is 48.1 Å². The molecule has 0 radical (unpaired) electrons. The number of nitrogens with zero attached hydrogens (tertiary/aromatic N) is 2. The van der Waals surface area contributed by atoms with Crippen molar-refractivity contribution in [1.29, 1.82) is 0 Å². The van der Waals surface area contributed by atoms with Gasteiger partial charge in [-0.3, -0.25) is 0 Å². The monoisotopic (exact) mass is 313 g/mol. The summed E-state index contributed by atoms with van der Waals surface area (Å²) in [5, 5.41) is 3.45. The van der Waals surface area contributed by atoms with Crippen LogP contribution in [0, 0.1) is 12.7 Å². The highest BCUT2D eigenvalue weighted by atomic mass is 19.1. The number of benzene rings is 1. The zero-order chi connectivity index (χ0) is 16.2. The minimum Gasteiger partial charge on any atom is -0.307 e. The Morgan fingerprint density at radius 2 is 2.04 bits per heavy atom. The van der Waals surface area contributed by atoms with Crippen LogP contribution in [0.2, 0.25) is 0 Å². The predicted molar refractivity (Wildman–Crippen MR) is 89.8 cm³/mol. The van der Waals surface area contributed by atoms with Crippen LogP contribution in [-0.2, 0) is 25.8 Å². The lowest BCUT2D eigenvalue weighted by Gasteiger charge is -2.19. The molecule has 3 nitrogen and oxygen atoms in total. The van der Waals surface area contributed by atoms with Gasteiger partial charge in [0.25, 0.3) is 0 Å². The van der Waals surface area contributed by atoms with Gasteiger partial charge in [-0.15, -0.1) is 0 Å². The van der Waals surface area contributed by atoms with Gasteiger partial charge in [0.2, 0.25) is 0 Å². The molecular weight excluding hydrogens is 289 g/mol. The van der Waals surface area contributed by atoms with Gasteiger partial charge in [0.15, 0.2) is 0 Å². The molecule has 2 aromatic rings. The maximum absolute atomic E-state index is 13.2. The van der Waals surface area contributed by atoms with Gasteiger partial charge in [0.05, 0.1) is 6.54 Å². The molecule has 0 spiro atoms. The molecule has 0 unspecified atom stereocenters. The normalized spacial score (nSPS) is 15.3. The lowest BCUT2D eigenvalue weighted by atomic mass is 9.95. The maximum atomic E-state index is 13.2. The summed E-state index contributed by atoms with van der Waals surface area (Å²) in [5.74, 6) is 0.692. The molecule has 23 heavy (non-hydrogen) atoms. The number of nitrogens with one attached hydrogen (secondary N) is 1. The molecule has 0 amide bonds. The summed E-state index contributed by atoms with van der Waals surface area (Å²) in [4.78, 5) is 9.38. The minimum atomic E-state index is -0.177. The summed E-state index contributed by atoms with van der Waals surface area (Å²) < 4.78 is 13.2. The fourth-order valence-corrected chi connectivity index (χ4v) is 3.28. The average molecular weight is 313 g/mol. The van der Waals surface area contributed by atoms with E-state index in [0.29, 0.717) is 6.54 Å². The molecule has 1 atom stereocenters. The molecule has 0 bridgehead atoms. The van der Waals surface area contributed by atoms with Gasteiger partial charge in [0.1, 0.15) is 11.6 Å². The van der Waals surface area contributed by atoms with Gasteiger partial charge in [-0.1, -0.05) is 12.1 Å². The number of hydrogen-bond acceptors (Lipinski definition) is 3. The van der Waals surface area contributed by atoms with Crippen LogP contribution in [0.15, 0.2) is 24.3 Å². The molecular formula is C19H24FN3. The Morgan fingerprint density at radius 1 is 1.22 bits per heavy atom. The summed E-state index contributed by atoms with van der Waals surface area (Å²) in [6.45, 7) is 4.85. The Hall–Kier alpha value is -1.81. The van der Waals surface area contributed by atoms with Crippen LogP contribution in [-0.4, -0.2) is 16.0 Å². The van der Waals surface area contributed by atoms with E-state index in [1.54, 1.807) is 12.1 Å². The second-order valence-electron chi connectivity index (χ2n) is 6.47. The Kier molecular flexibility index (Phi) is 5.01. The fourth-order valence-electron chi connectivity index (χ4n) is 3.28. The van der Waals surface area contributed by atoms with Crippen LogP contribution in [0.4, 0.5) is 4.39 Å². The third-order valence-electron chi connectivity index (χ3n) is 4.48. The maximum Gasteiger partial charge on any atom is 0.142 e. The number of aromatic nitrogens is 2. The number of fused-ring (bicyclic) bond motifs is 1.